The van der Waals surface area contributed by atoms with E-state index in [1.54, 1.807) is 18.2 Å². The van der Waals surface area contributed by atoms with Gasteiger partial charge < -0.3 is 10.6 Å². The van der Waals surface area contributed by atoms with Crippen molar-refractivity contribution in [3.8, 4) is 0 Å². The molecule has 1 aromatic carbocycles. The fourth-order valence-electron chi connectivity index (χ4n) is 3.02. The average Bonchev–Trinajstić information content (AvgIpc) is 3.18. The summed E-state index contributed by atoms with van der Waals surface area (Å²) < 4.78 is 18.7. The summed E-state index contributed by atoms with van der Waals surface area (Å²) in [5, 5.41) is 0. The van der Waals surface area contributed by atoms with Crippen LogP contribution in [0, 0.1) is 10.2 Å². The molecule has 1 atom stereocenters. The highest BCUT2D eigenvalue weighted by atomic mass is 32.2. The predicted molar refractivity (Wildman–Crippen MR) is 78.6 cm³/mol. The molecule has 1 aromatic rings. The summed E-state index contributed by atoms with van der Waals surface area (Å²) >= 11 is 0. The monoisotopic (exact) mass is 293 g/mol. The molecule has 0 bridgehead atoms. The standard InChI is InChI=1S/C14H19N3O2S/c15-13(18)11-2-1-10(20(16)19)9-12(11)17-7-5-14(3-4-14)6-8-17/h1-2,9,16,20H,3-8H2,(H2,15,18). The lowest BCUT2D eigenvalue weighted by molar-refractivity contribution is 0.100. The molecule has 1 saturated carbocycles. The minimum Gasteiger partial charge on any atom is -0.371 e. The summed E-state index contributed by atoms with van der Waals surface area (Å²) in [6, 6.07) is 4.84. The van der Waals surface area contributed by atoms with Crippen LogP contribution in [0.15, 0.2) is 23.1 Å². The Bertz CT molecular complexity index is 617. The van der Waals surface area contributed by atoms with Gasteiger partial charge in [-0.3, -0.25) is 9.57 Å². The van der Waals surface area contributed by atoms with E-state index in [4.69, 9.17) is 10.5 Å². The first-order chi connectivity index (χ1) is 9.51. The van der Waals surface area contributed by atoms with Crippen LogP contribution in [0.4, 0.5) is 5.69 Å². The van der Waals surface area contributed by atoms with Gasteiger partial charge in [-0.25, -0.2) is 4.21 Å². The number of primary amides is 1. The van der Waals surface area contributed by atoms with Crippen molar-refractivity contribution in [2.75, 3.05) is 18.0 Å². The van der Waals surface area contributed by atoms with E-state index in [1.807, 2.05) is 0 Å². The van der Waals surface area contributed by atoms with Gasteiger partial charge in [0.15, 0.2) is 0 Å². The number of nitrogens with one attached hydrogen (secondary N) is 1. The van der Waals surface area contributed by atoms with E-state index in [9.17, 15) is 9.00 Å². The Morgan fingerprint density at radius 2 is 1.90 bits per heavy atom. The molecule has 0 radical (unpaired) electrons. The second-order valence-corrected chi connectivity index (χ2v) is 6.95. The molecule has 20 heavy (non-hydrogen) atoms. The number of nitrogens with zero attached hydrogens (tertiary/aromatic N) is 1. The SMILES string of the molecule is N=[SH](=O)c1ccc(C(N)=O)c(N2CCC3(CC2)CC3)c1. The van der Waals surface area contributed by atoms with Crippen molar-refractivity contribution in [1.29, 1.82) is 4.78 Å². The predicted octanol–water partition coefficient (Wildman–Crippen LogP) is 1.77. The second kappa shape index (κ2) is 4.77. The molecule has 1 aliphatic carbocycles. The average molecular weight is 293 g/mol. The molecule has 108 valence electrons. The van der Waals surface area contributed by atoms with Crippen molar-refractivity contribution >= 4 is 22.2 Å². The van der Waals surface area contributed by atoms with E-state index in [0.717, 1.165) is 31.6 Å². The summed E-state index contributed by atoms with van der Waals surface area (Å²) in [6.45, 7) is 1.80. The van der Waals surface area contributed by atoms with E-state index in [2.05, 4.69) is 4.90 Å². The first-order valence-electron chi connectivity index (χ1n) is 6.88. The molecule has 1 amide bonds. The van der Waals surface area contributed by atoms with Gasteiger partial charge in [0, 0.05) is 18.0 Å². The third kappa shape index (κ3) is 2.40. The maximum absolute atomic E-state index is 11.6. The smallest absolute Gasteiger partial charge is 0.250 e. The maximum atomic E-state index is 11.6. The number of nitrogens with two attached hydrogens (primary N) is 1. The highest BCUT2D eigenvalue weighted by Gasteiger charge is 2.44. The van der Waals surface area contributed by atoms with Gasteiger partial charge in [-0.2, -0.15) is 0 Å². The van der Waals surface area contributed by atoms with Crippen LogP contribution >= 0.6 is 0 Å². The second-order valence-electron chi connectivity index (χ2n) is 5.85. The van der Waals surface area contributed by atoms with Crippen LogP contribution in [0.5, 0.6) is 0 Å². The molecule has 1 heterocycles. The number of rotatable bonds is 3. The Morgan fingerprint density at radius 1 is 1.25 bits per heavy atom. The zero-order valence-corrected chi connectivity index (χ0v) is 12.2. The van der Waals surface area contributed by atoms with Crippen molar-refractivity contribution in [3.63, 3.8) is 0 Å². The number of benzene rings is 1. The number of amides is 1. The number of thiol groups is 1. The molecule has 2 aliphatic rings. The Labute approximate surface area is 120 Å². The number of hydrogen-bond acceptors (Lipinski definition) is 4. The summed E-state index contributed by atoms with van der Waals surface area (Å²) in [7, 11) is -2.15. The third-order valence-corrected chi connectivity index (χ3v) is 5.35. The quantitative estimate of drug-likeness (QED) is 0.742. The molecule has 3 N–H and O–H groups in total. The molecular formula is C14H19N3O2S. The van der Waals surface area contributed by atoms with Crippen LogP contribution in [-0.2, 0) is 10.6 Å². The van der Waals surface area contributed by atoms with Crippen molar-refractivity contribution in [3.05, 3.63) is 23.8 Å². The number of anilines is 1. The summed E-state index contributed by atoms with van der Waals surface area (Å²) in [4.78, 5) is 14.2. The van der Waals surface area contributed by atoms with Crippen molar-refractivity contribution in [2.45, 2.75) is 30.6 Å². The molecule has 5 nitrogen and oxygen atoms in total. The van der Waals surface area contributed by atoms with Crippen LogP contribution < -0.4 is 10.6 Å². The number of carbonyl (C=O) groups excluding carboxylic acids is 1. The van der Waals surface area contributed by atoms with Gasteiger partial charge in [-0.05, 0) is 49.3 Å². The largest absolute Gasteiger partial charge is 0.371 e. The normalized spacial score (nSPS) is 21.7. The summed E-state index contributed by atoms with van der Waals surface area (Å²) in [5.74, 6) is -0.474. The summed E-state index contributed by atoms with van der Waals surface area (Å²) in [6.07, 6.45) is 4.93. The summed E-state index contributed by atoms with van der Waals surface area (Å²) in [5.41, 5.74) is 7.18. The molecule has 1 aliphatic heterocycles. The Morgan fingerprint density at radius 3 is 2.40 bits per heavy atom. The number of hydrogen-bond donors (Lipinski definition) is 3. The topological polar surface area (TPSA) is 87.2 Å². The molecule has 1 unspecified atom stereocenters. The van der Waals surface area contributed by atoms with Gasteiger partial charge in [0.2, 0.25) is 0 Å². The van der Waals surface area contributed by atoms with E-state index in [0.29, 0.717) is 15.9 Å². The van der Waals surface area contributed by atoms with Gasteiger partial charge in [-0.15, -0.1) is 0 Å². The van der Waals surface area contributed by atoms with Crippen LogP contribution in [-0.4, -0.2) is 23.2 Å². The van der Waals surface area contributed by atoms with Crippen molar-refractivity contribution < 1.29 is 9.00 Å². The van der Waals surface area contributed by atoms with E-state index >= 15 is 0 Å². The molecule has 0 aromatic heterocycles. The molecule has 1 saturated heterocycles. The van der Waals surface area contributed by atoms with Crippen molar-refractivity contribution in [2.24, 2.45) is 11.1 Å². The van der Waals surface area contributed by atoms with Gasteiger partial charge >= 0.3 is 0 Å². The fourth-order valence-corrected chi connectivity index (χ4v) is 3.46. The minimum atomic E-state index is -2.15. The van der Waals surface area contributed by atoms with Gasteiger partial charge in [0.25, 0.3) is 5.91 Å². The molecule has 1 spiro atoms. The zero-order chi connectivity index (χ0) is 14.3. The van der Waals surface area contributed by atoms with Gasteiger partial charge in [0.05, 0.1) is 21.8 Å². The maximum Gasteiger partial charge on any atom is 0.250 e. The van der Waals surface area contributed by atoms with Crippen LogP contribution in [0.2, 0.25) is 0 Å². The lowest BCUT2D eigenvalue weighted by Crippen LogP contribution is -2.35. The van der Waals surface area contributed by atoms with Crippen LogP contribution in [0.1, 0.15) is 36.0 Å². The van der Waals surface area contributed by atoms with Gasteiger partial charge in [0.1, 0.15) is 0 Å². The highest BCUT2D eigenvalue weighted by Crippen LogP contribution is 2.54. The number of piperidine rings is 1. The first-order valence-corrected chi connectivity index (χ1v) is 8.14. The minimum absolute atomic E-state index is 0.451. The zero-order valence-electron chi connectivity index (χ0n) is 11.3. The Kier molecular flexibility index (Phi) is 3.20. The lowest BCUT2D eigenvalue weighted by atomic mass is 9.93. The van der Waals surface area contributed by atoms with Gasteiger partial charge in [-0.1, -0.05) is 0 Å². The Hall–Kier alpha value is -1.56. The van der Waals surface area contributed by atoms with E-state index in [-0.39, 0.29) is 0 Å². The van der Waals surface area contributed by atoms with E-state index in [1.165, 1.54) is 12.8 Å². The Balaban J connectivity index is 1.93. The molecule has 2 fully saturated rings. The fraction of sp³-hybridized carbons (Fsp3) is 0.500. The molecule has 6 heteroatoms. The first kappa shape index (κ1) is 13.4. The third-order valence-electron chi connectivity index (χ3n) is 4.60. The van der Waals surface area contributed by atoms with Crippen LogP contribution in [0.3, 0.4) is 0 Å². The lowest BCUT2D eigenvalue weighted by Gasteiger charge is -2.34. The number of carbonyl (C=O) groups is 1. The molecule has 3 rings (SSSR count). The molecular weight excluding hydrogens is 274 g/mol. The highest BCUT2D eigenvalue weighted by molar-refractivity contribution is 7.73. The van der Waals surface area contributed by atoms with Crippen LogP contribution in [0.25, 0.3) is 0 Å². The van der Waals surface area contributed by atoms with Crippen molar-refractivity contribution in [1.82, 2.24) is 0 Å². The van der Waals surface area contributed by atoms with E-state index < -0.39 is 16.5 Å².